The van der Waals surface area contributed by atoms with Gasteiger partial charge in [-0.05, 0) is 86.4 Å². The summed E-state index contributed by atoms with van der Waals surface area (Å²) in [6.07, 6.45) is 3.74. The molecule has 0 saturated carbocycles. The number of aromatic nitrogens is 3. The molecule has 7 heteroatoms. The number of pyridine rings is 1. The smallest absolute Gasteiger partial charge is 0.336 e. The van der Waals surface area contributed by atoms with Crippen LogP contribution in [0.15, 0.2) is 72.8 Å². The largest absolute Gasteiger partial charge is 0.478 e. The molecule has 0 amide bonds. The van der Waals surface area contributed by atoms with Crippen LogP contribution in [0.25, 0.3) is 23.2 Å². The fourth-order valence-corrected chi connectivity index (χ4v) is 4.77. The van der Waals surface area contributed by atoms with E-state index in [4.69, 9.17) is 26.4 Å². The van der Waals surface area contributed by atoms with Crippen LogP contribution in [0.5, 0.6) is 11.5 Å². The first-order valence-corrected chi connectivity index (χ1v) is 13.0. The zero-order valence-electron chi connectivity index (χ0n) is 22.1. The summed E-state index contributed by atoms with van der Waals surface area (Å²) < 4.78 is 7.86. The fourth-order valence-electron chi connectivity index (χ4n) is 4.66. The fraction of sp³-hybridized carbons (Fsp3) is 0.156. The number of carboxylic acids is 1. The van der Waals surface area contributed by atoms with Gasteiger partial charge in [0, 0.05) is 5.02 Å². The zero-order valence-corrected chi connectivity index (χ0v) is 22.9. The van der Waals surface area contributed by atoms with Crippen molar-refractivity contribution in [3.63, 3.8) is 0 Å². The van der Waals surface area contributed by atoms with Gasteiger partial charge in [-0.25, -0.2) is 14.5 Å². The van der Waals surface area contributed by atoms with Crippen molar-refractivity contribution in [1.29, 1.82) is 0 Å². The van der Waals surface area contributed by atoms with E-state index in [1.807, 2.05) is 107 Å². The summed E-state index contributed by atoms with van der Waals surface area (Å²) in [5.74, 6) is 0.416. The van der Waals surface area contributed by atoms with E-state index in [-0.39, 0.29) is 11.6 Å². The Bertz CT molecular complexity index is 1680. The van der Waals surface area contributed by atoms with Gasteiger partial charge in [-0.15, -0.1) is 0 Å². The quantitative estimate of drug-likeness (QED) is 0.226. The molecule has 39 heavy (non-hydrogen) atoms. The van der Waals surface area contributed by atoms with Crippen molar-refractivity contribution >= 4 is 40.8 Å². The lowest BCUT2D eigenvalue weighted by molar-refractivity contribution is 0.0699. The molecule has 0 bridgehead atoms. The van der Waals surface area contributed by atoms with E-state index in [0.717, 1.165) is 33.0 Å². The van der Waals surface area contributed by atoms with Gasteiger partial charge in [-0.1, -0.05) is 60.1 Å². The monoisotopic (exact) mass is 537 g/mol. The van der Waals surface area contributed by atoms with Gasteiger partial charge in [-0.3, -0.25) is 0 Å². The van der Waals surface area contributed by atoms with Gasteiger partial charge < -0.3 is 9.84 Å². The van der Waals surface area contributed by atoms with Crippen molar-refractivity contribution in [2.75, 3.05) is 0 Å². The van der Waals surface area contributed by atoms with E-state index in [1.54, 1.807) is 10.7 Å². The molecule has 0 aliphatic carbocycles. The van der Waals surface area contributed by atoms with Crippen LogP contribution in [0.2, 0.25) is 5.02 Å². The minimum atomic E-state index is -1.01. The molecule has 0 spiro atoms. The topological polar surface area (TPSA) is 77.2 Å². The van der Waals surface area contributed by atoms with Gasteiger partial charge in [0.15, 0.2) is 5.65 Å². The lowest BCUT2D eigenvalue weighted by atomic mass is 10.1. The number of hydrogen-bond acceptors (Lipinski definition) is 4. The van der Waals surface area contributed by atoms with E-state index < -0.39 is 5.97 Å². The van der Waals surface area contributed by atoms with Crippen LogP contribution in [0, 0.1) is 20.8 Å². The Balaban J connectivity index is 1.48. The average molecular weight is 538 g/mol. The lowest BCUT2D eigenvalue weighted by Crippen LogP contribution is -2.10. The number of carboxylic acid groups (broad SMARTS) is 1. The van der Waals surface area contributed by atoms with Crippen LogP contribution in [0.1, 0.15) is 57.0 Å². The lowest BCUT2D eigenvalue weighted by Gasteiger charge is -2.15. The minimum Gasteiger partial charge on any atom is -0.478 e. The number of rotatable bonds is 7. The third-order valence-corrected chi connectivity index (χ3v) is 7.30. The van der Waals surface area contributed by atoms with Gasteiger partial charge in [0.1, 0.15) is 11.5 Å². The van der Waals surface area contributed by atoms with E-state index >= 15 is 0 Å². The standard InChI is InChI=1S/C32H28ClN3O3/c1-19-16-27(17-20(2)30(19)33)39-26-14-11-24(12-15-26)22(4)36-31-29(21(3)35-36)28(32(37)38)18-25(34-31)13-10-23-8-6-5-7-9-23/h5-18,22H,1-4H3,(H,37,38). The van der Waals surface area contributed by atoms with Crippen molar-refractivity contribution in [2.45, 2.75) is 33.7 Å². The second-order valence-corrected chi connectivity index (χ2v) is 9.97. The Hall–Kier alpha value is -4.42. The van der Waals surface area contributed by atoms with Crippen molar-refractivity contribution in [2.24, 2.45) is 0 Å². The third kappa shape index (κ3) is 5.42. The van der Waals surface area contributed by atoms with E-state index in [2.05, 4.69) is 0 Å². The molecule has 1 N–H and O–H groups in total. The highest BCUT2D eigenvalue weighted by atomic mass is 35.5. The summed E-state index contributed by atoms with van der Waals surface area (Å²) in [5.41, 5.74) is 5.79. The van der Waals surface area contributed by atoms with Gasteiger partial charge in [0.25, 0.3) is 0 Å². The predicted molar refractivity (Wildman–Crippen MR) is 156 cm³/mol. The number of hydrogen-bond donors (Lipinski definition) is 1. The Kier molecular flexibility index (Phi) is 7.22. The number of ether oxygens (including phenoxy) is 1. The first kappa shape index (κ1) is 26.2. The predicted octanol–water partition coefficient (Wildman–Crippen LogP) is 8.28. The molecule has 0 aliphatic rings. The zero-order chi connectivity index (χ0) is 27.7. The number of carbonyl (C=O) groups is 1. The summed E-state index contributed by atoms with van der Waals surface area (Å²) in [6, 6.07) is 22.8. The van der Waals surface area contributed by atoms with Crippen molar-refractivity contribution in [3.05, 3.63) is 117 Å². The SMILES string of the molecule is Cc1cc(Oc2ccc(C(C)n3nc(C)c4c(C(=O)O)cc(C=Cc5ccccc5)nc43)cc2)cc(C)c1Cl. The molecule has 5 rings (SSSR count). The molecule has 1 atom stereocenters. The number of aryl methyl sites for hydroxylation is 3. The normalized spacial score (nSPS) is 12.2. The molecule has 2 heterocycles. The molecular formula is C32H28ClN3O3. The average Bonchev–Trinajstić information content (AvgIpc) is 3.26. The highest BCUT2D eigenvalue weighted by Gasteiger charge is 2.22. The first-order chi connectivity index (χ1) is 18.7. The van der Waals surface area contributed by atoms with Gasteiger partial charge >= 0.3 is 5.97 Å². The molecular weight excluding hydrogens is 510 g/mol. The van der Waals surface area contributed by atoms with Crippen molar-refractivity contribution < 1.29 is 14.6 Å². The molecule has 0 saturated heterocycles. The van der Waals surface area contributed by atoms with Gasteiger partial charge in [0.05, 0.1) is 28.4 Å². The molecule has 5 aromatic rings. The molecule has 0 aliphatic heterocycles. The number of halogens is 1. The highest BCUT2D eigenvalue weighted by Crippen LogP contribution is 2.32. The van der Waals surface area contributed by atoms with Crippen molar-refractivity contribution in [3.8, 4) is 11.5 Å². The highest BCUT2D eigenvalue weighted by molar-refractivity contribution is 6.32. The number of benzene rings is 3. The molecule has 3 aromatic carbocycles. The number of nitrogens with zero attached hydrogens (tertiary/aromatic N) is 3. The van der Waals surface area contributed by atoms with Crippen molar-refractivity contribution in [1.82, 2.24) is 14.8 Å². The maximum absolute atomic E-state index is 12.2. The summed E-state index contributed by atoms with van der Waals surface area (Å²) >= 11 is 6.29. The summed E-state index contributed by atoms with van der Waals surface area (Å²) in [6.45, 7) is 7.74. The van der Waals surface area contributed by atoms with E-state index in [0.29, 0.717) is 28.2 Å². The molecule has 0 radical (unpaired) electrons. The van der Waals surface area contributed by atoms with Crippen LogP contribution in [-0.4, -0.2) is 25.8 Å². The Morgan fingerprint density at radius 1 is 0.949 bits per heavy atom. The molecule has 1 unspecified atom stereocenters. The number of aromatic carboxylic acids is 1. The van der Waals surface area contributed by atoms with Gasteiger partial charge in [-0.2, -0.15) is 5.10 Å². The molecule has 2 aromatic heterocycles. The maximum atomic E-state index is 12.2. The first-order valence-electron chi connectivity index (χ1n) is 12.6. The molecule has 196 valence electrons. The Labute approximate surface area is 232 Å². The summed E-state index contributed by atoms with van der Waals surface area (Å²) in [7, 11) is 0. The van der Waals surface area contributed by atoms with Gasteiger partial charge in [0.2, 0.25) is 0 Å². The van der Waals surface area contributed by atoms with E-state index in [9.17, 15) is 9.90 Å². The minimum absolute atomic E-state index is 0.181. The molecule has 0 fully saturated rings. The van der Waals surface area contributed by atoms with Crippen LogP contribution in [0.3, 0.4) is 0 Å². The van der Waals surface area contributed by atoms with Crippen LogP contribution in [0.4, 0.5) is 0 Å². The Morgan fingerprint density at radius 2 is 1.62 bits per heavy atom. The molecule has 6 nitrogen and oxygen atoms in total. The van der Waals surface area contributed by atoms with E-state index in [1.165, 1.54) is 0 Å². The maximum Gasteiger partial charge on any atom is 0.336 e. The van der Waals surface area contributed by atoms with Crippen LogP contribution < -0.4 is 4.74 Å². The third-order valence-electron chi connectivity index (χ3n) is 6.71. The summed E-state index contributed by atoms with van der Waals surface area (Å²) in [5, 5.41) is 16.0. The van der Waals surface area contributed by atoms with Crippen LogP contribution >= 0.6 is 11.6 Å². The second-order valence-electron chi connectivity index (χ2n) is 9.59. The Morgan fingerprint density at radius 3 is 2.26 bits per heavy atom. The number of fused-ring (bicyclic) bond motifs is 1. The van der Waals surface area contributed by atoms with Crippen LogP contribution in [-0.2, 0) is 0 Å². The summed E-state index contributed by atoms with van der Waals surface area (Å²) in [4.78, 5) is 17.0. The second kappa shape index (κ2) is 10.8.